The third kappa shape index (κ3) is 6.51. The highest BCUT2D eigenvalue weighted by atomic mass is 32.1. The Hall–Kier alpha value is -1.98. The Morgan fingerprint density at radius 3 is 2.79 bits per heavy atom. The Balaban J connectivity index is 1.47. The maximum atomic E-state index is 12.6. The first kappa shape index (κ1) is 21.7. The van der Waals surface area contributed by atoms with Crippen molar-refractivity contribution in [3.05, 3.63) is 59.7 Å². The summed E-state index contributed by atoms with van der Waals surface area (Å²) in [6.07, 6.45) is 6.19. The van der Waals surface area contributed by atoms with Gasteiger partial charge in [0.2, 0.25) is 0 Å². The van der Waals surface area contributed by atoms with E-state index in [0.717, 1.165) is 29.6 Å². The lowest BCUT2D eigenvalue weighted by atomic mass is 10.00. The van der Waals surface area contributed by atoms with E-state index >= 15 is 0 Å². The number of hydrogen-bond acceptors (Lipinski definition) is 4. The van der Waals surface area contributed by atoms with Crippen LogP contribution in [0.4, 0.5) is 5.69 Å². The summed E-state index contributed by atoms with van der Waals surface area (Å²) in [6.45, 7) is 5.96. The lowest BCUT2D eigenvalue weighted by Gasteiger charge is -2.35. The standard InChI is InChI=1S/C24H33N3OS/c1-2-21-11-6-7-15-27(21)16-8-14-25-24(28)20-12-13-23(29)22(17-20)26-18-19-9-4-3-5-10-19/h3-5,9-10,12-13,17,21,26,29H,2,6-8,11,14-16,18H2,1H3,(H,25,28). The molecule has 29 heavy (non-hydrogen) atoms. The van der Waals surface area contributed by atoms with E-state index in [1.54, 1.807) is 0 Å². The first-order valence-corrected chi connectivity index (χ1v) is 11.2. The van der Waals surface area contributed by atoms with Gasteiger partial charge in [-0.15, -0.1) is 12.6 Å². The molecule has 0 bridgehead atoms. The molecular formula is C24H33N3OS. The van der Waals surface area contributed by atoms with Gasteiger partial charge in [0.25, 0.3) is 5.91 Å². The van der Waals surface area contributed by atoms with E-state index in [4.69, 9.17) is 0 Å². The zero-order valence-corrected chi connectivity index (χ0v) is 18.3. The van der Waals surface area contributed by atoms with Crippen LogP contribution in [0.15, 0.2) is 53.4 Å². The van der Waals surface area contributed by atoms with Crippen LogP contribution in [-0.2, 0) is 6.54 Å². The molecule has 1 heterocycles. The van der Waals surface area contributed by atoms with Crippen LogP contribution in [0.2, 0.25) is 0 Å². The van der Waals surface area contributed by atoms with Gasteiger partial charge >= 0.3 is 0 Å². The number of nitrogens with one attached hydrogen (secondary N) is 2. The molecule has 0 aromatic heterocycles. The molecule has 0 aliphatic carbocycles. The number of hydrogen-bond donors (Lipinski definition) is 3. The number of carbonyl (C=O) groups is 1. The Morgan fingerprint density at radius 1 is 1.17 bits per heavy atom. The average molecular weight is 412 g/mol. The summed E-state index contributed by atoms with van der Waals surface area (Å²) in [6, 6.07) is 16.5. The molecular weight excluding hydrogens is 378 g/mol. The molecule has 1 fully saturated rings. The van der Waals surface area contributed by atoms with E-state index in [0.29, 0.717) is 18.7 Å². The minimum Gasteiger partial charge on any atom is -0.380 e. The third-order valence-electron chi connectivity index (χ3n) is 5.71. The Morgan fingerprint density at radius 2 is 2.00 bits per heavy atom. The highest BCUT2D eigenvalue weighted by Crippen LogP contribution is 2.22. The largest absolute Gasteiger partial charge is 0.380 e. The highest BCUT2D eigenvalue weighted by Gasteiger charge is 2.19. The van der Waals surface area contributed by atoms with Crippen LogP contribution in [0.1, 0.15) is 54.9 Å². The molecule has 2 aromatic rings. The van der Waals surface area contributed by atoms with Gasteiger partial charge in [-0.05, 0) is 56.0 Å². The second-order valence-electron chi connectivity index (χ2n) is 7.77. The zero-order chi connectivity index (χ0) is 20.5. The summed E-state index contributed by atoms with van der Waals surface area (Å²) in [5.74, 6) is -0.0215. The van der Waals surface area contributed by atoms with Crippen LogP contribution < -0.4 is 10.6 Å². The molecule has 3 rings (SSSR count). The monoisotopic (exact) mass is 411 g/mol. The van der Waals surface area contributed by atoms with E-state index in [1.165, 1.54) is 37.8 Å². The van der Waals surface area contributed by atoms with Crippen molar-refractivity contribution in [1.82, 2.24) is 10.2 Å². The number of likely N-dealkylation sites (tertiary alicyclic amines) is 1. The fourth-order valence-electron chi connectivity index (χ4n) is 4.01. The number of amides is 1. The molecule has 4 nitrogen and oxygen atoms in total. The van der Waals surface area contributed by atoms with Crippen molar-refractivity contribution in [2.24, 2.45) is 0 Å². The Kier molecular flexibility index (Phi) is 8.44. The average Bonchev–Trinajstić information content (AvgIpc) is 2.77. The smallest absolute Gasteiger partial charge is 0.251 e. The lowest BCUT2D eigenvalue weighted by molar-refractivity contribution is 0.0947. The van der Waals surface area contributed by atoms with Gasteiger partial charge in [-0.1, -0.05) is 43.7 Å². The highest BCUT2D eigenvalue weighted by molar-refractivity contribution is 7.80. The zero-order valence-electron chi connectivity index (χ0n) is 17.4. The second-order valence-corrected chi connectivity index (χ2v) is 8.26. The maximum absolute atomic E-state index is 12.6. The van der Waals surface area contributed by atoms with Crippen molar-refractivity contribution < 1.29 is 4.79 Å². The minimum absolute atomic E-state index is 0.0215. The van der Waals surface area contributed by atoms with Gasteiger partial charge in [-0.2, -0.15) is 0 Å². The summed E-state index contributed by atoms with van der Waals surface area (Å²) in [5, 5.41) is 6.46. The molecule has 2 N–H and O–H groups in total. The van der Waals surface area contributed by atoms with E-state index in [2.05, 4.69) is 47.2 Å². The van der Waals surface area contributed by atoms with Gasteiger partial charge in [0.15, 0.2) is 0 Å². The number of piperidine rings is 1. The summed E-state index contributed by atoms with van der Waals surface area (Å²) in [4.78, 5) is 16.0. The van der Waals surface area contributed by atoms with Crippen LogP contribution in [0.25, 0.3) is 0 Å². The van der Waals surface area contributed by atoms with Crippen LogP contribution in [0.3, 0.4) is 0 Å². The summed E-state index contributed by atoms with van der Waals surface area (Å²) in [5.41, 5.74) is 2.74. The Bertz CT molecular complexity index is 781. The normalized spacial score (nSPS) is 17.1. The molecule has 1 atom stereocenters. The molecule has 1 unspecified atom stereocenters. The van der Waals surface area contributed by atoms with E-state index in [-0.39, 0.29) is 5.91 Å². The third-order valence-corrected chi connectivity index (χ3v) is 6.10. The summed E-state index contributed by atoms with van der Waals surface area (Å²) < 4.78 is 0. The van der Waals surface area contributed by atoms with Crippen LogP contribution >= 0.6 is 12.6 Å². The fraction of sp³-hybridized carbons (Fsp3) is 0.458. The number of thiol groups is 1. The Labute approximate surface area is 180 Å². The van der Waals surface area contributed by atoms with Crippen molar-refractivity contribution in [2.45, 2.75) is 56.5 Å². The molecule has 1 saturated heterocycles. The first-order chi connectivity index (χ1) is 14.2. The molecule has 0 radical (unpaired) electrons. The number of nitrogens with zero attached hydrogens (tertiary/aromatic N) is 1. The van der Waals surface area contributed by atoms with Crippen LogP contribution in [0.5, 0.6) is 0 Å². The van der Waals surface area contributed by atoms with E-state index in [9.17, 15) is 4.79 Å². The number of anilines is 1. The van der Waals surface area contributed by atoms with Gasteiger partial charge in [0.1, 0.15) is 0 Å². The topological polar surface area (TPSA) is 44.4 Å². The van der Waals surface area contributed by atoms with E-state index < -0.39 is 0 Å². The van der Waals surface area contributed by atoms with Gasteiger partial charge < -0.3 is 15.5 Å². The first-order valence-electron chi connectivity index (χ1n) is 10.8. The lowest BCUT2D eigenvalue weighted by Crippen LogP contribution is -2.40. The van der Waals surface area contributed by atoms with Crippen LogP contribution in [-0.4, -0.2) is 36.5 Å². The van der Waals surface area contributed by atoms with Gasteiger partial charge in [0, 0.05) is 41.8 Å². The maximum Gasteiger partial charge on any atom is 0.251 e. The molecule has 1 amide bonds. The van der Waals surface area contributed by atoms with Crippen LogP contribution in [0, 0.1) is 0 Å². The van der Waals surface area contributed by atoms with Gasteiger partial charge in [0.05, 0.1) is 0 Å². The van der Waals surface area contributed by atoms with E-state index in [1.807, 2.05) is 36.4 Å². The molecule has 0 saturated carbocycles. The summed E-state index contributed by atoms with van der Waals surface area (Å²) in [7, 11) is 0. The second kappa shape index (κ2) is 11.3. The van der Waals surface area contributed by atoms with Crippen molar-refractivity contribution in [2.75, 3.05) is 25.0 Å². The molecule has 5 heteroatoms. The molecule has 1 aliphatic heterocycles. The minimum atomic E-state index is -0.0215. The van der Waals surface area contributed by atoms with Gasteiger partial charge in [-0.25, -0.2) is 0 Å². The quantitative estimate of drug-likeness (QED) is 0.403. The van der Waals surface area contributed by atoms with Crippen molar-refractivity contribution in [3.63, 3.8) is 0 Å². The summed E-state index contributed by atoms with van der Waals surface area (Å²) >= 11 is 4.52. The number of carbonyl (C=O) groups excluding carboxylic acids is 1. The predicted molar refractivity (Wildman–Crippen MR) is 124 cm³/mol. The van der Waals surface area contributed by atoms with Crippen molar-refractivity contribution >= 4 is 24.2 Å². The van der Waals surface area contributed by atoms with Gasteiger partial charge in [-0.3, -0.25) is 4.79 Å². The molecule has 2 aromatic carbocycles. The van der Waals surface area contributed by atoms with Crippen molar-refractivity contribution in [1.29, 1.82) is 0 Å². The fourth-order valence-corrected chi connectivity index (χ4v) is 4.23. The SMILES string of the molecule is CCC1CCCCN1CCCNC(=O)c1ccc(S)c(NCc2ccccc2)c1. The van der Waals surface area contributed by atoms with Crippen molar-refractivity contribution in [3.8, 4) is 0 Å². The number of rotatable bonds is 9. The number of benzene rings is 2. The molecule has 0 spiro atoms. The molecule has 156 valence electrons. The predicted octanol–water partition coefficient (Wildman–Crippen LogP) is 4.97. The molecule has 1 aliphatic rings.